The maximum atomic E-state index is 5.74. The van der Waals surface area contributed by atoms with Crippen LogP contribution in [0.1, 0.15) is 17.3 Å². The molecule has 3 aromatic rings. The molecule has 1 atom stereocenters. The number of nitrogens with zero attached hydrogens (tertiary/aromatic N) is 5. The fourth-order valence-electron chi connectivity index (χ4n) is 2.21. The maximum absolute atomic E-state index is 5.74. The predicted molar refractivity (Wildman–Crippen MR) is 77.4 cm³/mol. The standard InChI is InChI=1S/C12H12BrN7/c1-20-11(12(13)18-19-20)10(17-14)7-3-2-4-8-9(7)16-6-5-15-8/h2-6,10,17H,14H2,1H3. The van der Waals surface area contributed by atoms with E-state index in [-0.39, 0.29) is 6.04 Å². The van der Waals surface area contributed by atoms with Gasteiger partial charge in [0.15, 0.2) is 4.60 Å². The summed E-state index contributed by atoms with van der Waals surface area (Å²) in [6, 6.07) is 5.51. The number of halogens is 1. The quantitative estimate of drug-likeness (QED) is 0.550. The summed E-state index contributed by atoms with van der Waals surface area (Å²) in [5, 5.41) is 7.97. The van der Waals surface area contributed by atoms with Crippen LogP contribution in [0.15, 0.2) is 35.2 Å². The van der Waals surface area contributed by atoms with E-state index in [1.54, 1.807) is 17.1 Å². The van der Waals surface area contributed by atoms with Crippen molar-refractivity contribution in [2.24, 2.45) is 12.9 Å². The molecule has 0 radical (unpaired) electrons. The third kappa shape index (κ3) is 2.07. The number of para-hydroxylation sites is 1. The molecule has 0 amide bonds. The van der Waals surface area contributed by atoms with Crippen molar-refractivity contribution in [3.8, 4) is 0 Å². The maximum Gasteiger partial charge on any atom is 0.153 e. The minimum absolute atomic E-state index is 0.287. The van der Waals surface area contributed by atoms with Crippen LogP contribution in [-0.4, -0.2) is 25.0 Å². The van der Waals surface area contributed by atoms with Gasteiger partial charge < -0.3 is 0 Å². The Bertz CT molecular complexity index is 730. The zero-order valence-corrected chi connectivity index (χ0v) is 12.2. The first-order valence-corrected chi connectivity index (χ1v) is 6.72. The minimum Gasteiger partial charge on any atom is -0.271 e. The van der Waals surface area contributed by atoms with Crippen molar-refractivity contribution in [2.75, 3.05) is 0 Å². The average Bonchev–Trinajstić information content (AvgIpc) is 2.81. The molecule has 3 N–H and O–H groups in total. The Morgan fingerprint density at radius 1 is 1.30 bits per heavy atom. The van der Waals surface area contributed by atoms with Crippen molar-refractivity contribution in [3.05, 3.63) is 46.5 Å². The number of hydrazine groups is 1. The highest BCUT2D eigenvalue weighted by Gasteiger charge is 2.23. The van der Waals surface area contributed by atoms with Gasteiger partial charge in [0.1, 0.15) is 0 Å². The molecule has 2 aromatic heterocycles. The van der Waals surface area contributed by atoms with Crippen LogP contribution < -0.4 is 11.3 Å². The summed E-state index contributed by atoms with van der Waals surface area (Å²) in [4.78, 5) is 8.70. The summed E-state index contributed by atoms with van der Waals surface area (Å²) >= 11 is 3.39. The average molecular weight is 334 g/mol. The van der Waals surface area contributed by atoms with Crippen LogP contribution >= 0.6 is 15.9 Å². The highest BCUT2D eigenvalue weighted by molar-refractivity contribution is 9.10. The smallest absolute Gasteiger partial charge is 0.153 e. The van der Waals surface area contributed by atoms with Gasteiger partial charge in [-0.15, -0.1) is 5.10 Å². The van der Waals surface area contributed by atoms with Gasteiger partial charge in [-0.05, 0) is 22.0 Å². The van der Waals surface area contributed by atoms with E-state index in [0.717, 1.165) is 22.3 Å². The van der Waals surface area contributed by atoms with Crippen molar-refractivity contribution < 1.29 is 0 Å². The van der Waals surface area contributed by atoms with Crippen LogP contribution in [0.3, 0.4) is 0 Å². The van der Waals surface area contributed by atoms with Crippen LogP contribution in [0.5, 0.6) is 0 Å². The molecule has 0 saturated carbocycles. The first-order valence-electron chi connectivity index (χ1n) is 5.93. The summed E-state index contributed by atoms with van der Waals surface area (Å²) in [5.74, 6) is 5.74. The van der Waals surface area contributed by atoms with Crippen molar-refractivity contribution in [1.82, 2.24) is 30.4 Å². The molecule has 8 heteroatoms. The van der Waals surface area contributed by atoms with Gasteiger partial charge in [0.25, 0.3) is 0 Å². The van der Waals surface area contributed by atoms with Gasteiger partial charge in [0, 0.05) is 25.0 Å². The Morgan fingerprint density at radius 3 is 2.80 bits per heavy atom. The Kier molecular flexibility index (Phi) is 3.43. The fraction of sp³-hybridized carbons (Fsp3) is 0.167. The number of benzene rings is 1. The molecular formula is C12H12BrN7. The van der Waals surface area contributed by atoms with Crippen LogP contribution in [0, 0.1) is 0 Å². The molecule has 20 heavy (non-hydrogen) atoms. The molecule has 3 rings (SSSR count). The molecule has 0 bridgehead atoms. The first kappa shape index (κ1) is 13.1. The summed E-state index contributed by atoms with van der Waals surface area (Å²) in [5.41, 5.74) is 6.15. The molecule has 7 nitrogen and oxygen atoms in total. The third-order valence-electron chi connectivity index (χ3n) is 3.11. The third-order valence-corrected chi connectivity index (χ3v) is 3.67. The topological polar surface area (TPSA) is 94.5 Å². The molecule has 0 fully saturated rings. The molecule has 0 spiro atoms. The zero-order valence-electron chi connectivity index (χ0n) is 10.7. The van der Waals surface area contributed by atoms with E-state index < -0.39 is 0 Å². The van der Waals surface area contributed by atoms with E-state index in [4.69, 9.17) is 5.84 Å². The van der Waals surface area contributed by atoms with Gasteiger partial charge >= 0.3 is 0 Å². The van der Waals surface area contributed by atoms with Crippen LogP contribution in [-0.2, 0) is 7.05 Å². The normalized spacial score (nSPS) is 12.8. The number of rotatable bonds is 3. The molecule has 0 saturated heterocycles. The lowest BCUT2D eigenvalue weighted by molar-refractivity contribution is 0.571. The largest absolute Gasteiger partial charge is 0.271 e. The van der Waals surface area contributed by atoms with Crippen LogP contribution in [0.4, 0.5) is 0 Å². The lowest BCUT2D eigenvalue weighted by Crippen LogP contribution is -2.31. The van der Waals surface area contributed by atoms with Gasteiger partial charge in [-0.3, -0.25) is 15.8 Å². The van der Waals surface area contributed by atoms with E-state index in [9.17, 15) is 0 Å². The molecule has 0 aliphatic heterocycles. The summed E-state index contributed by atoms with van der Waals surface area (Å²) in [6.07, 6.45) is 3.33. The van der Waals surface area contributed by atoms with Crippen molar-refractivity contribution in [3.63, 3.8) is 0 Å². The molecule has 0 aliphatic carbocycles. The number of hydrogen-bond acceptors (Lipinski definition) is 6. The molecule has 102 valence electrons. The van der Waals surface area contributed by atoms with Crippen molar-refractivity contribution in [2.45, 2.75) is 6.04 Å². The van der Waals surface area contributed by atoms with Gasteiger partial charge in [0.2, 0.25) is 0 Å². The second kappa shape index (κ2) is 5.23. The Hall–Kier alpha value is -1.90. The predicted octanol–water partition coefficient (Wildman–Crippen LogP) is 1.07. The minimum atomic E-state index is -0.287. The number of nitrogens with one attached hydrogen (secondary N) is 1. The Morgan fingerprint density at radius 2 is 2.10 bits per heavy atom. The zero-order chi connectivity index (χ0) is 14.1. The van der Waals surface area contributed by atoms with Gasteiger partial charge in [-0.1, -0.05) is 17.3 Å². The van der Waals surface area contributed by atoms with E-state index in [0.29, 0.717) is 4.60 Å². The van der Waals surface area contributed by atoms with Crippen molar-refractivity contribution in [1.29, 1.82) is 0 Å². The summed E-state index contributed by atoms with van der Waals surface area (Å²) in [7, 11) is 1.81. The molecule has 0 aliphatic rings. The Balaban J connectivity index is 2.22. The summed E-state index contributed by atoms with van der Waals surface area (Å²) < 4.78 is 2.31. The van der Waals surface area contributed by atoms with Gasteiger partial charge in [-0.25, -0.2) is 10.1 Å². The molecule has 1 unspecified atom stereocenters. The van der Waals surface area contributed by atoms with Crippen LogP contribution in [0.2, 0.25) is 0 Å². The number of hydrogen-bond donors (Lipinski definition) is 2. The first-order chi connectivity index (χ1) is 9.72. The van der Waals surface area contributed by atoms with E-state index in [2.05, 4.69) is 41.6 Å². The second-order valence-electron chi connectivity index (χ2n) is 4.26. The van der Waals surface area contributed by atoms with E-state index in [1.165, 1.54) is 0 Å². The van der Waals surface area contributed by atoms with Gasteiger partial charge in [0.05, 0.1) is 22.8 Å². The number of aryl methyl sites for hydroxylation is 1. The highest BCUT2D eigenvalue weighted by Crippen LogP contribution is 2.29. The fourth-order valence-corrected chi connectivity index (χ4v) is 2.77. The number of aromatic nitrogens is 5. The lowest BCUT2D eigenvalue weighted by Gasteiger charge is -2.17. The molecular weight excluding hydrogens is 322 g/mol. The lowest BCUT2D eigenvalue weighted by atomic mass is 10.0. The van der Waals surface area contributed by atoms with E-state index in [1.807, 2.05) is 25.2 Å². The molecule has 1 aromatic carbocycles. The van der Waals surface area contributed by atoms with Crippen molar-refractivity contribution >= 4 is 27.0 Å². The monoisotopic (exact) mass is 333 g/mol. The number of nitrogens with two attached hydrogens (primary N) is 1. The second-order valence-corrected chi connectivity index (χ2v) is 5.01. The molecule has 2 heterocycles. The SMILES string of the molecule is Cn1nnc(Br)c1C(NN)c1cccc2nccnc12. The summed E-state index contributed by atoms with van der Waals surface area (Å²) in [6.45, 7) is 0. The highest BCUT2D eigenvalue weighted by atomic mass is 79.9. The number of fused-ring (bicyclic) bond motifs is 1. The van der Waals surface area contributed by atoms with Gasteiger partial charge in [-0.2, -0.15) is 0 Å². The van der Waals surface area contributed by atoms with Crippen LogP contribution in [0.25, 0.3) is 11.0 Å². The Labute approximate surface area is 123 Å². The van der Waals surface area contributed by atoms with E-state index >= 15 is 0 Å².